The summed E-state index contributed by atoms with van der Waals surface area (Å²) < 4.78 is 4.57. The van der Waals surface area contributed by atoms with Crippen molar-refractivity contribution in [3.8, 4) is 0 Å². The van der Waals surface area contributed by atoms with Crippen LogP contribution < -0.4 is 0 Å². The van der Waals surface area contributed by atoms with Crippen LogP contribution in [-0.2, 0) is 9.59 Å². The zero-order chi connectivity index (χ0) is 9.26. The second kappa shape index (κ2) is 2.82. The Balaban J connectivity index is 2.44. The van der Waals surface area contributed by atoms with Gasteiger partial charge in [-0.25, -0.2) is 0 Å². The monoisotopic (exact) mass is 175 g/mol. The molecule has 1 aliphatic carbocycles. The van der Waals surface area contributed by atoms with Crippen LogP contribution in [-0.4, -0.2) is 16.7 Å². The van der Waals surface area contributed by atoms with E-state index in [0.717, 1.165) is 0 Å². The maximum absolute atomic E-state index is 11.2. The van der Waals surface area contributed by atoms with Crippen molar-refractivity contribution in [1.82, 2.24) is 5.16 Å². The van der Waals surface area contributed by atoms with Crippen molar-refractivity contribution in [3.63, 3.8) is 0 Å². The summed E-state index contributed by atoms with van der Waals surface area (Å²) in [6.45, 7) is 0. The maximum Gasteiger partial charge on any atom is 0.188 e. The molecule has 0 saturated carbocycles. The molecule has 4 heteroatoms. The molecule has 0 spiro atoms. The fourth-order valence-corrected chi connectivity index (χ4v) is 1.06. The van der Waals surface area contributed by atoms with E-state index in [-0.39, 0.29) is 17.1 Å². The predicted octanol–water partition coefficient (Wildman–Crippen LogP) is 0.766. The van der Waals surface area contributed by atoms with Gasteiger partial charge in [-0.05, 0) is 18.2 Å². The molecule has 1 aromatic rings. The zero-order valence-corrected chi connectivity index (χ0v) is 6.56. The maximum atomic E-state index is 11.2. The van der Waals surface area contributed by atoms with Gasteiger partial charge >= 0.3 is 0 Å². The van der Waals surface area contributed by atoms with Crippen LogP contribution in [0.1, 0.15) is 5.69 Å². The van der Waals surface area contributed by atoms with E-state index < -0.39 is 0 Å². The van der Waals surface area contributed by atoms with E-state index in [1.807, 2.05) is 0 Å². The molecule has 0 aliphatic heterocycles. The molecule has 0 aromatic carbocycles. The van der Waals surface area contributed by atoms with E-state index >= 15 is 0 Å². The molecule has 1 aliphatic rings. The van der Waals surface area contributed by atoms with Crippen molar-refractivity contribution in [1.29, 1.82) is 0 Å². The molecule has 0 unspecified atom stereocenters. The molecule has 1 aromatic heterocycles. The van der Waals surface area contributed by atoms with Crippen LogP contribution in [0.5, 0.6) is 0 Å². The zero-order valence-electron chi connectivity index (χ0n) is 6.56. The van der Waals surface area contributed by atoms with Crippen LogP contribution in [0.2, 0.25) is 0 Å². The summed E-state index contributed by atoms with van der Waals surface area (Å²) in [4.78, 5) is 22.2. The number of nitrogens with zero attached hydrogens (tertiary/aromatic N) is 1. The number of ketones is 2. The van der Waals surface area contributed by atoms with Crippen LogP contribution in [0.25, 0.3) is 5.57 Å². The third kappa shape index (κ3) is 1.33. The third-order valence-corrected chi connectivity index (χ3v) is 1.66. The normalized spacial score (nSPS) is 16.2. The van der Waals surface area contributed by atoms with Gasteiger partial charge in [-0.1, -0.05) is 5.16 Å². The topological polar surface area (TPSA) is 60.2 Å². The molecular formula is C9H5NO3. The first kappa shape index (κ1) is 7.67. The van der Waals surface area contributed by atoms with E-state index in [1.54, 1.807) is 0 Å². The van der Waals surface area contributed by atoms with E-state index in [1.165, 1.54) is 30.6 Å². The minimum absolute atomic E-state index is 0.211. The number of aromatic nitrogens is 1. The van der Waals surface area contributed by atoms with E-state index in [2.05, 4.69) is 9.68 Å². The highest BCUT2D eigenvalue weighted by Gasteiger charge is 2.16. The summed E-state index contributed by atoms with van der Waals surface area (Å²) in [5.74, 6) is -0.439. The molecular weight excluding hydrogens is 170 g/mol. The first-order valence-electron chi connectivity index (χ1n) is 3.66. The minimum Gasteiger partial charge on any atom is -0.364 e. The van der Waals surface area contributed by atoms with Gasteiger partial charge < -0.3 is 4.52 Å². The first-order valence-corrected chi connectivity index (χ1v) is 3.66. The van der Waals surface area contributed by atoms with Gasteiger partial charge in [0, 0.05) is 6.07 Å². The summed E-state index contributed by atoms with van der Waals surface area (Å²) in [5.41, 5.74) is 0.670. The quantitative estimate of drug-likeness (QED) is 0.591. The summed E-state index contributed by atoms with van der Waals surface area (Å²) in [6.07, 6.45) is 5.06. The SMILES string of the molecule is O=C1C=CC(=O)C(c2ccon2)=C1. The van der Waals surface area contributed by atoms with E-state index in [0.29, 0.717) is 5.69 Å². The smallest absolute Gasteiger partial charge is 0.188 e. The van der Waals surface area contributed by atoms with Crippen molar-refractivity contribution >= 4 is 17.1 Å². The molecule has 0 atom stereocenters. The molecule has 0 saturated heterocycles. The Hall–Kier alpha value is -1.97. The van der Waals surface area contributed by atoms with Crippen molar-refractivity contribution in [2.45, 2.75) is 0 Å². The Bertz CT molecular complexity index is 412. The molecule has 1 heterocycles. The average molecular weight is 175 g/mol. The van der Waals surface area contributed by atoms with Gasteiger partial charge in [0.2, 0.25) is 0 Å². The standard InChI is InChI=1S/C9H5NO3/c11-6-1-2-9(12)7(5-6)8-3-4-13-10-8/h1-5H. The van der Waals surface area contributed by atoms with Crippen molar-refractivity contribution < 1.29 is 14.1 Å². The Morgan fingerprint density at radius 2 is 2.08 bits per heavy atom. The Kier molecular flexibility index (Phi) is 1.66. The molecule has 4 nitrogen and oxygen atoms in total. The molecule has 64 valence electrons. The number of allylic oxidation sites excluding steroid dienone is 4. The number of rotatable bonds is 1. The highest BCUT2D eigenvalue weighted by Crippen LogP contribution is 2.16. The van der Waals surface area contributed by atoms with Gasteiger partial charge in [-0.3, -0.25) is 9.59 Å². The van der Waals surface area contributed by atoms with Gasteiger partial charge in [0.25, 0.3) is 0 Å². The fourth-order valence-electron chi connectivity index (χ4n) is 1.06. The summed E-state index contributed by atoms with van der Waals surface area (Å²) in [5, 5.41) is 3.57. The lowest BCUT2D eigenvalue weighted by molar-refractivity contribution is -0.113. The lowest BCUT2D eigenvalue weighted by Gasteiger charge is -2.01. The van der Waals surface area contributed by atoms with Gasteiger partial charge in [-0.15, -0.1) is 0 Å². The lowest BCUT2D eigenvalue weighted by Crippen LogP contribution is -2.06. The molecule has 0 bridgehead atoms. The average Bonchev–Trinajstić information content (AvgIpc) is 2.61. The molecule has 13 heavy (non-hydrogen) atoms. The number of hydrogen-bond acceptors (Lipinski definition) is 4. The molecule has 0 amide bonds. The van der Waals surface area contributed by atoms with Crippen LogP contribution >= 0.6 is 0 Å². The van der Waals surface area contributed by atoms with Crippen LogP contribution in [0, 0.1) is 0 Å². The first-order chi connectivity index (χ1) is 6.27. The van der Waals surface area contributed by atoms with Gasteiger partial charge in [-0.2, -0.15) is 0 Å². The number of carbonyl (C=O) groups excluding carboxylic acids is 2. The van der Waals surface area contributed by atoms with Gasteiger partial charge in [0.05, 0.1) is 5.57 Å². The van der Waals surface area contributed by atoms with Crippen LogP contribution in [0.4, 0.5) is 0 Å². The molecule has 2 rings (SSSR count). The second-order valence-electron chi connectivity index (χ2n) is 2.54. The van der Waals surface area contributed by atoms with E-state index in [9.17, 15) is 9.59 Å². The Labute approximate surface area is 73.5 Å². The molecule has 0 fully saturated rings. The highest BCUT2D eigenvalue weighted by molar-refractivity contribution is 6.33. The van der Waals surface area contributed by atoms with Crippen molar-refractivity contribution in [3.05, 3.63) is 36.3 Å². The second-order valence-corrected chi connectivity index (χ2v) is 2.54. The number of hydrogen-bond donors (Lipinski definition) is 0. The minimum atomic E-state index is -0.228. The fraction of sp³-hybridized carbons (Fsp3) is 0. The highest BCUT2D eigenvalue weighted by atomic mass is 16.5. The Morgan fingerprint density at radius 3 is 2.77 bits per heavy atom. The summed E-state index contributed by atoms with van der Waals surface area (Å²) in [7, 11) is 0. The predicted molar refractivity (Wildman–Crippen MR) is 43.6 cm³/mol. The van der Waals surface area contributed by atoms with Crippen molar-refractivity contribution in [2.75, 3.05) is 0 Å². The van der Waals surface area contributed by atoms with E-state index in [4.69, 9.17) is 0 Å². The lowest BCUT2D eigenvalue weighted by atomic mass is 10.0. The van der Waals surface area contributed by atoms with Crippen molar-refractivity contribution in [2.24, 2.45) is 0 Å². The summed E-state index contributed by atoms with van der Waals surface area (Å²) in [6, 6.07) is 1.54. The van der Waals surface area contributed by atoms with Gasteiger partial charge in [0.1, 0.15) is 12.0 Å². The third-order valence-electron chi connectivity index (χ3n) is 1.66. The molecule has 0 N–H and O–H groups in total. The van der Waals surface area contributed by atoms with Crippen LogP contribution in [0.3, 0.4) is 0 Å². The Morgan fingerprint density at radius 1 is 1.23 bits per heavy atom. The number of carbonyl (C=O) groups is 2. The summed E-state index contributed by atoms with van der Waals surface area (Å²) >= 11 is 0. The largest absolute Gasteiger partial charge is 0.364 e. The van der Waals surface area contributed by atoms with Gasteiger partial charge in [0.15, 0.2) is 11.6 Å². The molecule has 0 radical (unpaired) electrons. The van der Waals surface area contributed by atoms with Crippen LogP contribution in [0.15, 0.2) is 35.1 Å².